The highest BCUT2D eigenvalue weighted by Gasteiger charge is 2.10. The van der Waals surface area contributed by atoms with E-state index < -0.39 is 5.91 Å². The number of aromatic hydroxyl groups is 2. The molecule has 3 N–H and O–H groups in total. The fraction of sp³-hybridized carbons (Fsp3) is 0. The molecule has 0 atom stereocenters. The second-order valence-electron chi connectivity index (χ2n) is 4.04. The zero-order valence-corrected chi connectivity index (χ0v) is 12.1. The summed E-state index contributed by atoms with van der Waals surface area (Å²) in [6.07, 6.45) is 1.21. The lowest BCUT2D eigenvalue weighted by atomic mass is 10.2. The molecule has 0 aliphatic carbocycles. The van der Waals surface area contributed by atoms with Gasteiger partial charge in [0.25, 0.3) is 5.91 Å². The number of nitrogens with one attached hydrogen (secondary N) is 1. The van der Waals surface area contributed by atoms with Crippen LogP contribution in [-0.4, -0.2) is 22.3 Å². The van der Waals surface area contributed by atoms with Gasteiger partial charge in [-0.05, 0) is 30.3 Å². The van der Waals surface area contributed by atoms with Gasteiger partial charge in [-0.2, -0.15) is 5.10 Å². The third-order valence-corrected chi connectivity index (χ3v) is 3.14. The van der Waals surface area contributed by atoms with Crippen LogP contribution in [0.5, 0.6) is 11.5 Å². The number of carbonyl (C=O) groups excluding carboxylic acids is 1. The Labute approximate surface area is 130 Å². The number of nitrogens with zero attached hydrogens (tertiary/aromatic N) is 1. The van der Waals surface area contributed by atoms with Gasteiger partial charge in [0.15, 0.2) is 11.5 Å². The molecule has 0 spiro atoms. The molecule has 0 saturated carbocycles. The molecule has 0 fully saturated rings. The molecule has 0 aliphatic heterocycles. The first-order valence-corrected chi connectivity index (χ1v) is 6.54. The van der Waals surface area contributed by atoms with Crippen LogP contribution in [0.2, 0.25) is 10.0 Å². The molecule has 21 heavy (non-hydrogen) atoms. The van der Waals surface area contributed by atoms with Gasteiger partial charge in [0, 0.05) is 10.6 Å². The predicted molar refractivity (Wildman–Crippen MR) is 81.3 cm³/mol. The maximum absolute atomic E-state index is 11.9. The Morgan fingerprint density at radius 3 is 2.67 bits per heavy atom. The number of benzene rings is 2. The second-order valence-corrected chi connectivity index (χ2v) is 4.88. The van der Waals surface area contributed by atoms with Gasteiger partial charge in [-0.25, -0.2) is 5.43 Å². The van der Waals surface area contributed by atoms with Crippen LogP contribution in [0.25, 0.3) is 0 Å². The molecule has 0 aliphatic rings. The van der Waals surface area contributed by atoms with Crippen LogP contribution in [-0.2, 0) is 0 Å². The van der Waals surface area contributed by atoms with Gasteiger partial charge in [-0.15, -0.1) is 0 Å². The minimum absolute atomic E-state index is 0.204. The first-order chi connectivity index (χ1) is 9.99. The van der Waals surface area contributed by atoms with Crippen molar-refractivity contribution in [2.75, 3.05) is 0 Å². The molecule has 0 aromatic heterocycles. The van der Waals surface area contributed by atoms with Crippen molar-refractivity contribution in [2.45, 2.75) is 0 Å². The molecule has 0 unspecified atom stereocenters. The Bertz CT molecular complexity index is 717. The lowest BCUT2D eigenvalue weighted by Crippen LogP contribution is -2.18. The molecular formula is C14H10Cl2N2O3. The Morgan fingerprint density at radius 1 is 1.19 bits per heavy atom. The molecule has 2 aromatic rings. The summed E-state index contributed by atoms with van der Waals surface area (Å²) >= 11 is 11.6. The van der Waals surface area contributed by atoms with Crippen molar-refractivity contribution in [3.05, 3.63) is 57.6 Å². The van der Waals surface area contributed by atoms with E-state index in [0.717, 1.165) is 0 Å². The minimum Gasteiger partial charge on any atom is -0.504 e. The van der Waals surface area contributed by atoms with Crippen LogP contribution in [0.4, 0.5) is 0 Å². The molecule has 0 bridgehead atoms. The van der Waals surface area contributed by atoms with Gasteiger partial charge in [0.05, 0.1) is 16.8 Å². The fourth-order valence-corrected chi connectivity index (χ4v) is 2.04. The van der Waals surface area contributed by atoms with Crippen LogP contribution < -0.4 is 5.43 Å². The minimum atomic E-state index is -0.521. The topological polar surface area (TPSA) is 81.9 Å². The summed E-state index contributed by atoms with van der Waals surface area (Å²) in [6.45, 7) is 0. The Morgan fingerprint density at radius 2 is 1.95 bits per heavy atom. The van der Waals surface area contributed by atoms with Gasteiger partial charge in [-0.1, -0.05) is 29.3 Å². The Kier molecular flexibility index (Phi) is 4.67. The number of phenols is 2. The highest BCUT2D eigenvalue weighted by molar-refractivity contribution is 6.36. The summed E-state index contributed by atoms with van der Waals surface area (Å²) in [6, 6.07) is 8.85. The van der Waals surface area contributed by atoms with Crippen LogP contribution >= 0.6 is 23.2 Å². The third-order valence-electron chi connectivity index (χ3n) is 2.59. The van der Waals surface area contributed by atoms with E-state index in [-0.39, 0.29) is 27.6 Å². The van der Waals surface area contributed by atoms with Crippen molar-refractivity contribution in [2.24, 2.45) is 5.10 Å². The van der Waals surface area contributed by atoms with Crippen molar-refractivity contribution < 1.29 is 15.0 Å². The first kappa shape index (κ1) is 15.2. The van der Waals surface area contributed by atoms with Gasteiger partial charge < -0.3 is 10.2 Å². The standard InChI is InChI=1S/C14H10Cl2N2O3/c15-9-4-5-10(11(16)6-9)14(21)18-17-7-8-2-1-3-12(19)13(8)20/h1-7,19-20H,(H,18,21)/b17-7-. The number of phenolic OH excluding ortho intramolecular Hbond substituents is 2. The SMILES string of the molecule is O=C(N/N=C\c1cccc(O)c1O)c1ccc(Cl)cc1Cl. The molecule has 5 nitrogen and oxygen atoms in total. The number of rotatable bonds is 3. The van der Waals surface area contributed by atoms with Crippen LogP contribution in [0.15, 0.2) is 41.5 Å². The van der Waals surface area contributed by atoms with Gasteiger partial charge in [-0.3, -0.25) is 4.79 Å². The van der Waals surface area contributed by atoms with E-state index in [1.807, 2.05) is 0 Å². The number of halogens is 2. The smallest absolute Gasteiger partial charge is 0.272 e. The average Bonchev–Trinajstić information content (AvgIpc) is 2.43. The molecule has 0 radical (unpaired) electrons. The van der Waals surface area contributed by atoms with E-state index >= 15 is 0 Å². The van der Waals surface area contributed by atoms with Crippen molar-refractivity contribution in [3.8, 4) is 11.5 Å². The van der Waals surface area contributed by atoms with Crippen LogP contribution in [0.1, 0.15) is 15.9 Å². The monoisotopic (exact) mass is 324 g/mol. The normalized spacial score (nSPS) is 10.8. The Hall–Kier alpha value is -2.24. The quantitative estimate of drug-likeness (QED) is 0.460. The molecule has 1 amide bonds. The molecule has 7 heteroatoms. The molecule has 2 aromatic carbocycles. The summed E-state index contributed by atoms with van der Waals surface area (Å²) in [5, 5.41) is 23.2. The molecule has 108 valence electrons. The Balaban J connectivity index is 2.10. The van der Waals surface area contributed by atoms with Crippen molar-refractivity contribution in [3.63, 3.8) is 0 Å². The van der Waals surface area contributed by atoms with E-state index in [4.69, 9.17) is 23.2 Å². The van der Waals surface area contributed by atoms with Crippen molar-refractivity contribution in [1.29, 1.82) is 0 Å². The molecule has 0 saturated heterocycles. The number of hydrogen-bond acceptors (Lipinski definition) is 4. The van der Waals surface area contributed by atoms with E-state index in [1.165, 1.54) is 42.6 Å². The number of amides is 1. The summed E-state index contributed by atoms with van der Waals surface area (Å²) in [5.41, 5.74) is 2.75. The number of hydrazone groups is 1. The summed E-state index contributed by atoms with van der Waals surface area (Å²) in [5.74, 6) is -1.11. The summed E-state index contributed by atoms with van der Waals surface area (Å²) in [4.78, 5) is 11.9. The second kappa shape index (κ2) is 6.47. The predicted octanol–water partition coefficient (Wildman–Crippen LogP) is 3.17. The van der Waals surface area contributed by atoms with Crippen molar-refractivity contribution >= 4 is 35.3 Å². The third kappa shape index (κ3) is 3.65. The lowest BCUT2D eigenvalue weighted by Gasteiger charge is -2.03. The van der Waals surface area contributed by atoms with Gasteiger partial charge in [0.1, 0.15) is 0 Å². The summed E-state index contributed by atoms with van der Waals surface area (Å²) in [7, 11) is 0. The van der Waals surface area contributed by atoms with Crippen molar-refractivity contribution in [1.82, 2.24) is 5.43 Å². The highest BCUT2D eigenvalue weighted by atomic mass is 35.5. The van der Waals surface area contributed by atoms with E-state index in [2.05, 4.69) is 10.5 Å². The highest BCUT2D eigenvalue weighted by Crippen LogP contribution is 2.26. The van der Waals surface area contributed by atoms with E-state index in [1.54, 1.807) is 0 Å². The maximum Gasteiger partial charge on any atom is 0.272 e. The van der Waals surface area contributed by atoms with E-state index in [0.29, 0.717) is 5.02 Å². The number of hydrogen-bond donors (Lipinski definition) is 3. The van der Waals surface area contributed by atoms with Gasteiger partial charge >= 0.3 is 0 Å². The largest absolute Gasteiger partial charge is 0.504 e. The lowest BCUT2D eigenvalue weighted by molar-refractivity contribution is 0.0955. The van der Waals surface area contributed by atoms with Crippen LogP contribution in [0.3, 0.4) is 0 Å². The zero-order valence-electron chi connectivity index (χ0n) is 10.5. The van der Waals surface area contributed by atoms with Gasteiger partial charge in [0.2, 0.25) is 0 Å². The maximum atomic E-state index is 11.9. The summed E-state index contributed by atoms with van der Waals surface area (Å²) < 4.78 is 0. The molecule has 2 rings (SSSR count). The zero-order chi connectivity index (χ0) is 15.4. The number of para-hydroxylation sites is 1. The number of carbonyl (C=O) groups is 1. The first-order valence-electron chi connectivity index (χ1n) is 5.78. The van der Waals surface area contributed by atoms with E-state index in [9.17, 15) is 15.0 Å². The fourth-order valence-electron chi connectivity index (χ4n) is 1.55. The molecule has 0 heterocycles. The van der Waals surface area contributed by atoms with Crippen LogP contribution in [0, 0.1) is 0 Å². The average molecular weight is 325 g/mol. The molecular weight excluding hydrogens is 315 g/mol.